The molecule has 26 heavy (non-hydrogen) atoms. The van der Waals surface area contributed by atoms with Gasteiger partial charge in [-0.2, -0.15) is 5.10 Å². The van der Waals surface area contributed by atoms with Crippen molar-refractivity contribution in [2.45, 2.75) is 45.4 Å². The highest BCUT2D eigenvalue weighted by Gasteiger charge is 2.30. The third kappa shape index (κ3) is 5.72. The van der Waals surface area contributed by atoms with E-state index in [4.69, 9.17) is 10.5 Å². The minimum atomic E-state index is -0.869. The Morgan fingerprint density at radius 1 is 1.12 bits per heavy atom. The molecule has 0 bridgehead atoms. The molecule has 1 aliphatic rings. The minimum absolute atomic E-state index is 0.0814. The third-order valence-electron chi connectivity index (χ3n) is 4.20. The van der Waals surface area contributed by atoms with Crippen LogP contribution in [-0.4, -0.2) is 24.2 Å². The Kier molecular flexibility index (Phi) is 7.86. The number of ether oxygens (including phenoxy) is 1. The number of nitrogens with two attached hydrogens (primary N) is 1. The molecule has 1 aromatic rings. The number of hydrogen-bond donors (Lipinski definition) is 1. The second-order valence-electron chi connectivity index (χ2n) is 6.29. The number of amidine groups is 1. The Labute approximate surface area is 154 Å². The molecule has 1 heterocycles. The van der Waals surface area contributed by atoms with E-state index in [0.29, 0.717) is 0 Å². The predicted octanol–water partition coefficient (Wildman–Crippen LogP) is 3.38. The van der Waals surface area contributed by atoms with Crippen molar-refractivity contribution in [2.24, 2.45) is 16.8 Å². The number of carbonyl (C=O) groups is 2. The lowest BCUT2D eigenvalue weighted by molar-refractivity contribution is -0.154. The number of unbranched alkanes of at least 4 members (excludes halogenated alkanes) is 5. The fourth-order valence-corrected chi connectivity index (χ4v) is 2.68. The molecule has 0 radical (unpaired) electrons. The van der Waals surface area contributed by atoms with Crippen molar-refractivity contribution >= 4 is 23.3 Å². The summed E-state index contributed by atoms with van der Waals surface area (Å²) in [5, 5.41) is 5.76. The van der Waals surface area contributed by atoms with Crippen LogP contribution in [0.25, 0.3) is 0 Å². The van der Waals surface area contributed by atoms with Crippen LogP contribution < -0.4 is 10.7 Å². The van der Waals surface area contributed by atoms with Crippen molar-refractivity contribution in [1.82, 2.24) is 0 Å². The lowest BCUT2D eigenvalue weighted by atomic mass is 10.0. The standard InChI is InChI=1S/C20H27N3O3/c1-2-3-4-5-6-10-15-26-20(25)18(24)17-13-14-23(22-19(17)21)16-11-8-7-9-12-16/h7-9,11-14,17H,2-6,10,15H2,1H3,(H2,21,22). The van der Waals surface area contributed by atoms with Gasteiger partial charge in [0, 0.05) is 6.20 Å². The highest BCUT2D eigenvalue weighted by atomic mass is 16.5. The number of anilines is 1. The van der Waals surface area contributed by atoms with Crippen LogP contribution in [0.15, 0.2) is 47.7 Å². The second kappa shape index (κ2) is 10.4. The Morgan fingerprint density at radius 2 is 1.81 bits per heavy atom. The first kappa shape index (κ1) is 19.7. The molecule has 2 rings (SSSR count). The SMILES string of the molecule is CCCCCCCCOC(=O)C(=O)C1C=CN(c2ccccc2)N=C1N. The van der Waals surface area contributed by atoms with Gasteiger partial charge in [-0.3, -0.25) is 4.79 Å². The molecule has 0 aromatic heterocycles. The van der Waals surface area contributed by atoms with E-state index >= 15 is 0 Å². The quantitative estimate of drug-likeness (QED) is 0.394. The lowest BCUT2D eigenvalue weighted by Gasteiger charge is -2.22. The van der Waals surface area contributed by atoms with Gasteiger partial charge in [-0.25, -0.2) is 9.80 Å². The molecule has 1 atom stereocenters. The zero-order chi connectivity index (χ0) is 18.8. The van der Waals surface area contributed by atoms with E-state index in [9.17, 15) is 9.59 Å². The molecule has 1 aromatic carbocycles. The van der Waals surface area contributed by atoms with E-state index < -0.39 is 17.7 Å². The van der Waals surface area contributed by atoms with Gasteiger partial charge in [0.15, 0.2) is 0 Å². The van der Waals surface area contributed by atoms with E-state index in [1.165, 1.54) is 19.3 Å². The van der Waals surface area contributed by atoms with Crippen LogP contribution in [0.3, 0.4) is 0 Å². The first-order chi connectivity index (χ1) is 12.6. The number of hydrogen-bond acceptors (Lipinski definition) is 6. The van der Waals surface area contributed by atoms with Gasteiger partial charge in [0.25, 0.3) is 5.78 Å². The molecular weight excluding hydrogens is 330 g/mol. The monoisotopic (exact) mass is 357 g/mol. The molecule has 0 aliphatic carbocycles. The van der Waals surface area contributed by atoms with Crippen LogP contribution in [0.1, 0.15) is 45.4 Å². The Morgan fingerprint density at radius 3 is 2.50 bits per heavy atom. The van der Waals surface area contributed by atoms with Crippen LogP contribution in [0.4, 0.5) is 5.69 Å². The molecule has 0 spiro atoms. The highest BCUT2D eigenvalue weighted by molar-refractivity contribution is 6.39. The predicted molar refractivity (Wildman–Crippen MR) is 103 cm³/mol. The summed E-state index contributed by atoms with van der Waals surface area (Å²) in [6.45, 7) is 2.43. The molecule has 0 saturated carbocycles. The highest BCUT2D eigenvalue weighted by Crippen LogP contribution is 2.19. The first-order valence-electron chi connectivity index (χ1n) is 9.21. The number of rotatable bonds is 10. The number of nitrogens with zero attached hydrogens (tertiary/aromatic N) is 2. The molecule has 1 unspecified atom stereocenters. The van der Waals surface area contributed by atoms with Crippen LogP contribution >= 0.6 is 0 Å². The third-order valence-corrected chi connectivity index (χ3v) is 4.20. The average molecular weight is 357 g/mol. The minimum Gasteiger partial charge on any atom is -0.460 e. The molecule has 6 nitrogen and oxygen atoms in total. The largest absolute Gasteiger partial charge is 0.460 e. The van der Waals surface area contributed by atoms with Crippen LogP contribution in [0.2, 0.25) is 0 Å². The Hall–Kier alpha value is -2.63. The number of Topliss-reactive ketones (excluding diaryl/α,β-unsaturated/α-hetero) is 1. The number of esters is 1. The molecule has 0 saturated heterocycles. The van der Waals surface area contributed by atoms with Crippen LogP contribution in [0, 0.1) is 5.92 Å². The topological polar surface area (TPSA) is 85.0 Å². The zero-order valence-corrected chi connectivity index (χ0v) is 15.3. The first-order valence-corrected chi connectivity index (χ1v) is 9.21. The van der Waals surface area contributed by atoms with E-state index in [1.807, 2.05) is 30.3 Å². The second-order valence-corrected chi connectivity index (χ2v) is 6.29. The van der Waals surface area contributed by atoms with Crippen LogP contribution in [0.5, 0.6) is 0 Å². The van der Waals surface area contributed by atoms with Crippen molar-refractivity contribution in [1.29, 1.82) is 0 Å². The Bertz CT molecular complexity index is 656. The normalized spacial score (nSPS) is 16.3. The smallest absolute Gasteiger partial charge is 0.375 e. The van der Waals surface area contributed by atoms with E-state index in [-0.39, 0.29) is 12.4 Å². The van der Waals surface area contributed by atoms with E-state index in [2.05, 4.69) is 12.0 Å². The van der Waals surface area contributed by atoms with E-state index in [1.54, 1.807) is 17.3 Å². The number of ketones is 1. The van der Waals surface area contributed by atoms with Crippen molar-refractivity contribution in [2.75, 3.05) is 11.6 Å². The summed E-state index contributed by atoms with van der Waals surface area (Å²) >= 11 is 0. The summed E-state index contributed by atoms with van der Waals surface area (Å²) < 4.78 is 5.08. The van der Waals surface area contributed by atoms with Crippen molar-refractivity contribution < 1.29 is 14.3 Å². The Balaban J connectivity index is 1.79. The van der Waals surface area contributed by atoms with Gasteiger partial charge in [0.05, 0.1) is 12.3 Å². The summed E-state index contributed by atoms with van der Waals surface area (Å²) in [5.74, 6) is -2.31. The van der Waals surface area contributed by atoms with Gasteiger partial charge in [-0.1, -0.05) is 57.2 Å². The van der Waals surface area contributed by atoms with E-state index in [0.717, 1.165) is 24.9 Å². The maximum atomic E-state index is 12.3. The van der Waals surface area contributed by atoms with Gasteiger partial charge in [-0.15, -0.1) is 0 Å². The summed E-state index contributed by atoms with van der Waals surface area (Å²) in [6.07, 6.45) is 9.72. The summed E-state index contributed by atoms with van der Waals surface area (Å²) in [7, 11) is 0. The maximum absolute atomic E-state index is 12.3. The van der Waals surface area contributed by atoms with Gasteiger partial charge in [0.1, 0.15) is 11.8 Å². The number of carbonyl (C=O) groups excluding carboxylic acids is 2. The van der Waals surface area contributed by atoms with Crippen molar-refractivity contribution in [3.8, 4) is 0 Å². The van der Waals surface area contributed by atoms with Crippen LogP contribution in [-0.2, 0) is 14.3 Å². The lowest BCUT2D eigenvalue weighted by Crippen LogP contribution is -2.38. The zero-order valence-electron chi connectivity index (χ0n) is 15.3. The molecule has 0 fully saturated rings. The molecular formula is C20H27N3O3. The number of hydrazone groups is 1. The van der Waals surface area contributed by atoms with Gasteiger partial charge < -0.3 is 10.5 Å². The molecule has 1 aliphatic heterocycles. The summed E-state index contributed by atoms with van der Waals surface area (Å²) in [6, 6.07) is 9.41. The number of benzene rings is 1. The molecule has 0 amide bonds. The number of para-hydroxylation sites is 1. The summed E-state index contributed by atoms with van der Waals surface area (Å²) in [4.78, 5) is 24.2. The molecule has 2 N–H and O–H groups in total. The van der Waals surface area contributed by atoms with Gasteiger partial charge >= 0.3 is 5.97 Å². The fraction of sp³-hybridized carbons (Fsp3) is 0.450. The fourth-order valence-electron chi connectivity index (χ4n) is 2.68. The summed E-state index contributed by atoms with van der Waals surface area (Å²) in [5.41, 5.74) is 6.72. The van der Waals surface area contributed by atoms with Crippen molar-refractivity contribution in [3.05, 3.63) is 42.6 Å². The molecule has 6 heteroatoms. The van der Waals surface area contributed by atoms with Gasteiger partial charge in [0.2, 0.25) is 0 Å². The maximum Gasteiger partial charge on any atom is 0.375 e. The van der Waals surface area contributed by atoms with Gasteiger partial charge in [-0.05, 0) is 24.6 Å². The van der Waals surface area contributed by atoms with Crippen molar-refractivity contribution in [3.63, 3.8) is 0 Å². The average Bonchev–Trinajstić information content (AvgIpc) is 2.67. The molecule has 140 valence electrons.